The van der Waals surface area contributed by atoms with Gasteiger partial charge in [0.1, 0.15) is 18.1 Å². The van der Waals surface area contributed by atoms with E-state index in [1.807, 2.05) is 41.0 Å². The van der Waals surface area contributed by atoms with Gasteiger partial charge in [-0.05, 0) is 43.0 Å². The Balaban J connectivity index is 1.66. The first kappa shape index (κ1) is 15.3. The highest BCUT2D eigenvalue weighted by atomic mass is 35.5. The summed E-state index contributed by atoms with van der Waals surface area (Å²) in [5.41, 5.74) is 3.45. The van der Waals surface area contributed by atoms with E-state index in [4.69, 9.17) is 16.3 Å². The molecule has 1 fully saturated rings. The summed E-state index contributed by atoms with van der Waals surface area (Å²) in [7, 11) is 0. The number of benzene rings is 1. The number of nitrogens with zero attached hydrogens (tertiary/aromatic N) is 4. The molecule has 0 N–H and O–H groups in total. The van der Waals surface area contributed by atoms with Crippen molar-refractivity contribution in [3.05, 3.63) is 53.2 Å². The predicted octanol–water partition coefficient (Wildman–Crippen LogP) is 4.35. The van der Waals surface area contributed by atoms with Crippen molar-refractivity contribution in [1.29, 1.82) is 0 Å². The second-order valence-electron chi connectivity index (χ2n) is 5.79. The Morgan fingerprint density at radius 1 is 1.08 bits per heavy atom. The Labute approximate surface area is 145 Å². The monoisotopic (exact) mass is 340 g/mol. The molecule has 24 heavy (non-hydrogen) atoms. The zero-order chi connectivity index (χ0) is 16.4. The lowest BCUT2D eigenvalue weighted by molar-refractivity contribution is -0.0298. The second-order valence-corrected chi connectivity index (χ2v) is 6.23. The summed E-state index contributed by atoms with van der Waals surface area (Å²) < 4.78 is 7.85. The predicted molar refractivity (Wildman–Crippen MR) is 94.5 cm³/mol. The van der Waals surface area contributed by atoms with Gasteiger partial charge < -0.3 is 4.74 Å². The summed E-state index contributed by atoms with van der Waals surface area (Å²) in [6, 6.07) is 7.66. The SMILES string of the molecule is Clc1ccc(/C=C/c2ncnc3c2ncn3C2CCCCO2)cc1. The molecule has 0 bridgehead atoms. The fourth-order valence-corrected chi connectivity index (χ4v) is 3.02. The number of aromatic nitrogens is 4. The molecule has 1 saturated heterocycles. The summed E-state index contributed by atoms with van der Waals surface area (Å²) in [5, 5.41) is 0.725. The summed E-state index contributed by atoms with van der Waals surface area (Å²) >= 11 is 5.91. The fraction of sp³-hybridized carbons (Fsp3) is 0.278. The lowest BCUT2D eigenvalue weighted by atomic mass is 10.2. The van der Waals surface area contributed by atoms with Gasteiger partial charge >= 0.3 is 0 Å². The lowest BCUT2D eigenvalue weighted by Gasteiger charge is -2.23. The van der Waals surface area contributed by atoms with Crippen LogP contribution in [0.5, 0.6) is 0 Å². The maximum Gasteiger partial charge on any atom is 0.165 e. The van der Waals surface area contributed by atoms with Crippen LogP contribution in [0.25, 0.3) is 23.3 Å². The standard InChI is InChI=1S/C18H17ClN4O/c19-14-7-4-13(5-8-14)6-9-15-17-18(21-11-20-15)23(12-22-17)16-3-1-2-10-24-16/h4-9,11-12,16H,1-3,10H2/b9-6+. The number of imidazole rings is 1. The van der Waals surface area contributed by atoms with E-state index in [1.165, 1.54) is 6.42 Å². The van der Waals surface area contributed by atoms with Crippen LogP contribution in [0.1, 0.15) is 36.7 Å². The molecule has 0 spiro atoms. The molecule has 1 aliphatic rings. The molecule has 6 heteroatoms. The van der Waals surface area contributed by atoms with Gasteiger partial charge in [0.05, 0.1) is 12.0 Å². The Morgan fingerprint density at radius 3 is 2.75 bits per heavy atom. The number of hydrogen-bond acceptors (Lipinski definition) is 4. The topological polar surface area (TPSA) is 52.8 Å². The molecular weight excluding hydrogens is 324 g/mol. The van der Waals surface area contributed by atoms with Gasteiger partial charge in [0, 0.05) is 11.6 Å². The molecule has 122 valence electrons. The molecule has 0 saturated carbocycles. The van der Waals surface area contributed by atoms with Gasteiger partial charge in [-0.15, -0.1) is 0 Å². The van der Waals surface area contributed by atoms with Crippen molar-refractivity contribution < 1.29 is 4.74 Å². The van der Waals surface area contributed by atoms with Gasteiger partial charge in [0.25, 0.3) is 0 Å². The quantitative estimate of drug-likeness (QED) is 0.711. The van der Waals surface area contributed by atoms with Crippen LogP contribution in [0.2, 0.25) is 5.02 Å². The molecule has 1 aromatic carbocycles. The molecular formula is C18H17ClN4O. The van der Waals surface area contributed by atoms with Crippen LogP contribution in [-0.2, 0) is 4.74 Å². The van der Waals surface area contributed by atoms with Crippen molar-refractivity contribution in [3.8, 4) is 0 Å². The molecule has 0 amide bonds. The van der Waals surface area contributed by atoms with Crippen LogP contribution >= 0.6 is 11.6 Å². The maximum atomic E-state index is 5.91. The highest BCUT2D eigenvalue weighted by molar-refractivity contribution is 6.30. The first-order valence-electron chi connectivity index (χ1n) is 8.04. The summed E-state index contributed by atoms with van der Waals surface area (Å²) in [6.45, 7) is 0.790. The lowest BCUT2D eigenvalue weighted by Crippen LogP contribution is -2.17. The molecule has 5 nitrogen and oxygen atoms in total. The van der Waals surface area contributed by atoms with Crippen molar-refractivity contribution in [2.75, 3.05) is 6.61 Å². The van der Waals surface area contributed by atoms with Crippen LogP contribution in [0.15, 0.2) is 36.9 Å². The van der Waals surface area contributed by atoms with Gasteiger partial charge in [0.2, 0.25) is 0 Å². The van der Waals surface area contributed by atoms with Crippen molar-refractivity contribution in [1.82, 2.24) is 19.5 Å². The first-order chi connectivity index (χ1) is 11.8. The summed E-state index contributed by atoms with van der Waals surface area (Å²) in [5.74, 6) is 0. The second kappa shape index (κ2) is 6.71. The number of hydrogen-bond donors (Lipinski definition) is 0. The molecule has 1 unspecified atom stereocenters. The van der Waals surface area contributed by atoms with Crippen molar-refractivity contribution >= 4 is 34.9 Å². The van der Waals surface area contributed by atoms with E-state index < -0.39 is 0 Å². The number of rotatable bonds is 3. The molecule has 1 atom stereocenters. The minimum absolute atomic E-state index is 0.0201. The third-order valence-corrected chi connectivity index (χ3v) is 4.41. The highest BCUT2D eigenvalue weighted by Gasteiger charge is 2.19. The van der Waals surface area contributed by atoms with E-state index in [2.05, 4.69) is 15.0 Å². The summed E-state index contributed by atoms with van der Waals surface area (Å²) in [6.07, 6.45) is 10.6. The Hall–Kier alpha value is -2.24. The Kier molecular flexibility index (Phi) is 4.28. The molecule has 3 aromatic rings. The minimum atomic E-state index is 0.0201. The number of halogens is 1. The van der Waals surface area contributed by atoms with E-state index in [0.717, 1.165) is 46.9 Å². The largest absolute Gasteiger partial charge is 0.358 e. The van der Waals surface area contributed by atoms with Crippen molar-refractivity contribution in [2.24, 2.45) is 0 Å². The minimum Gasteiger partial charge on any atom is -0.358 e. The van der Waals surface area contributed by atoms with Crippen LogP contribution in [-0.4, -0.2) is 26.1 Å². The molecule has 0 radical (unpaired) electrons. The fourth-order valence-electron chi connectivity index (χ4n) is 2.89. The zero-order valence-electron chi connectivity index (χ0n) is 13.1. The van der Waals surface area contributed by atoms with Crippen LogP contribution in [0.4, 0.5) is 0 Å². The van der Waals surface area contributed by atoms with Crippen LogP contribution < -0.4 is 0 Å². The molecule has 1 aliphatic heterocycles. The van der Waals surface area contributed by atoms with Crippen molar-refractivity contribution in [3.63, 3.8) is 0 Å². The zero-order valence-corrected chi connectivity index (χ0v) is 13.9. The average Bonchev–Trinajstić information content (AvgIpc) is 3.07. The maximum absolute atomic E-state index is 5.91. The highest BCUT2D eigenvalue weighted by Crippen LogP contribution is 2.26. The van der Waals surface area contributed by atoms with Gasteiger partial charge in [-0.2, -0.15) is 0 Å². The van der Waals surface area contributed by atoms with Crippen LogP contribution in [0.3, 0.4) is 0 Å². The molecule has 3 heterocycles. The average molecular weight is 341 g/mol. The van der Waals surface area contributed by atoms with E-state index in [1.54, 1.807) is 12.7 Å². The van der Waals surface area contributed by atoms with Gasteiger partial charge in [-0.1, -0.05) is 29.8 Å². The molecule has 0 aliphatic carbocycles. The number of fused-ring (bicyclic) bond motifs is 1. The summed E-state index contributed by atoms with van der Waals surface area (Å²) in [4.78, 5) is 13.3. The molecule has 2 aromatic heterocycles. The third-order valence-electron chi connectivity index (χ3n) is 4.16. The van der Waals surface area contributed by atoms with Crippen LogP contribution in [0, 0.1) is 0 Å². The van der Waals surface area contributed by atoms with Crippen molar-refractivity contribution in [2.45, 2.75) is 25.5 Å². The van der Waals surface area contributed by atoms with Gasteiger partial charge in [0.15, 0.2) is 5.65 Å². The van der Waals surface area contributed by atoms with E-state index in [-0.39, 0.29) is 6.23 Å². The third kappa shape index (κ3) is 3.05. The number of ether oxygens (including phenoxy) is 1. The Morgan fingerprint density at radius 2 is 1.96 bits per heavy atom. The van der Waals surface area contributed by atoms with Gasteiger partial charge in [-0.25, -0.2) is 15.0 Å². The Bertz CT molecular complexity index is 866. The smallest absolute Gasteiger partial charge is 0.165 e. The van der Waals surface area contributed by atoms with E-state index in [9.17, 15) is 0 Å². The van der Waals surface area contributed by atoms with E-state index in [0.29, 0.717) is 0 Å². The molecule has 4 rings (SSSR count). The normalized spacial score (nSPS) is 18.5. The van der Waals surface area contributed by atoms with E-state index >= 15 is 0 Å². The van der Waals surface area contributed by atoms with Gasteiger partial charge in [-0.3, -0.25) is 4.57 Å². The first-order valence-corrected chi connectivity index (χ1v) is 8.42.